The molecule has 1 aromatic carbocycles. The zero-order valence-electron chi connectivity index (χ0n) is 13.7. The number of methoxy groups -OCH3 is 3. The molecule has 0 unspecified atom stereocenters. The lowest BCUT2D eigenvalue weighted by molar-refractivity contribution is -0.142. The highest BCUT2D eigenvalue weighted by Gasteiger charge is 2.44. The molecule has 126 valence electrons. The van der Waals surface area contributed by atoms with Gasteiger partial charge < -0.3 is 24.2 Å². The summed E-state index contributed by atoms with van der Waals surface area (Å²) in [4.78, 5) is 25.2. The molecule has 1 amide bonds. The molecule has 1 aromatic rings. The summed E-state index contributed by atoms with van der Waals surface area (Å²) >= 11 is 0. The summed E-state index contributed by atoms with van der Waals surface area (Å²) in [5.41, 5.74) is 0.652. The van der Waals surface area contributed by atoms with E-state index in [1.54, 1.807) is 17.0 Å². The zero-order chi connectivity index (χ0) is 17.1. The molecule has 23 heavy (non-hydrogen) atoms. The maximum absolute atomic E-state index is 12.1. The van der Waals surface area contributed by atoms with Crippen LogP contribution in [0, 0.1) is 5.92 Å². The number of hydrogen-bond donors (Lipinski definition) is 1. The molecule has 2 atom stereocenters. The van der Waals surface area contributed by atoms with Crippen molar-refractivity contribution in [3.8, 4) is 17.2 Å². The van der Waals surface area contributed by atoms with E-state index in [1.165, 1.54) is 21.3 Å². The second-order valence-corrected chi connectivity index (χ2v) is 5.23. The number of carboxylic acid groups (broad SMARTS) is 1. The molecular weight excluding hydrogens is 302 g/mol. The van der Waals surface area contributed by atoms with E-state index in [-0.39, 0.29) is 12.3 Å². The first-order chi connectivity index (χ1) is 11.0. The van der Waals surface area contributed by atoms with Crippen LogP contribution in [0.4, 0.5) is 0 Å². The van der Waals surface area contributed by atoms with Crippen molar-refractivity contribution < 1.29 is 28.9 Å². The Morgan fingerprint density at radius 2 is 1.78 bits per heavy atom. The van der Waals surface area contributed by atoms with E-state index >= 15 is 0 Å². The van der Waals surface area contributed by atoms with Crippen molar-refractivity contribution in [2.75, 3.05) is 27.9 Å². The number of carbonyl (C=O) groups excluding carboxylic acids is 1. The molecule has 1 aliphatic rings. The van der Waals surface area contributed by atoms with Crippen LogP contribution >= 0.6 is 0 Å². The van der Waals surface area contributed by atoms with Crippen LogP contribution in [0.25, 0.3) is 0 Å². The fourth-order valence-electron chi connectivity index (χ4n) is 3.07. The Morgan fingerprint density at radius 3 is 2.17 bits per heavy atom. The van der Waals surface area contributed by atoms with Crippen molar-refractivity contribution in [3.63, 3.8) is 0 Å². The van der Waals surface area contributed by atoms with Crippen molar-refractivity contribution in [3.05, 3.63) is 17.7 Å². The Bertz CT molecular complexity index is 590. The highest BCUT2D eigenvalue weighted by Crippen LogP contribution is 2.45. The molecule has 1 saturated heterocycles. The van der Waals surface area contributed by atoms with Crippen LogP contribution in [-0.2, 0) is 9.59 Å². The minimum absolute atomic E-state index is 0.00942. The first-order valence-corrected chi connectivity index (χ1v) is 7.30. The van der Waals surface area contributed by atoms with Gasteiger partial charge >= 0.3 is 5.97 Å². The topological polar surface area (TPSA) is 85.3 Å². The average Bonchev–Trinajstić information content (AvgIpc) is 2.89. The van der Waals surface area contributed by atoms with Crippen molar-refractivity contribution in [2.24, 2.45) is 5.92 Å². The summed E-state index contributed by atoms with van der Waals surface area (Å²) in [6, 6.07) is 2.84. The predicted octanol–water partition coefficient (Wildman–Crippen LogP) is 1.71. The largest absolute Gasteiger partial charge is 0.493 e. The fraction of sp³-hybridized carbons (Fsp3) is 0.500. The third-order valence-electron chi connectivity index (χ3n) is 4.12. The van der Waals surface area contributed by atoms with Crippen LogP contribution in [0.2, 0.25) is 0 Å². The Morgan fingerprint density at radius 1 is 1.22 bits per heavy atom. The van der Waals surface area contributed by atoms with Crippen LogP contribution in [-0.4, -0.2) is 49.8 Å². The van der Waals surface area contributed by atoms with Gasteiger partial charge in [-0.1, -0.05) is 0 Å². The van der Waals surface area contributed by atoms with Gasteiger partial charge in [-0.15, -0.1) is 0 Å². The number of likely N-dealkylation sites (tertiary alicyclic amines) is 1. The third kappa shape index (κ3) is 2.91. The van der Waals surface area contributed by atoms with E-state index in [1.807, 2.05) is 6.92 Å². The summed E-state index contributed by atoms with van der Waals surface area (Å²) < 4.78 is 15.9. The number of benzene rings is 1. The van der Waals surface area contributed by atoms with Gasteiger partial charge in [0.2, 0.25) is 11.7 Å². The number of carbonyl (C=O) groups is 2. The average molecular weight is 323 g/mol. The molecule has 0 bridgehead atoms. The quantitative estimate of drug-likeness (QED) is 0.858. The second-order valence-electron chi connectivity index (χ2n) is 5.23. The minimum atomic E-state index is -0.993. The van der Waals surface area contributed by atoms with Crippen LogP contribution < -0.4 is 14.2 Å². The maximum Gasteiger partial charge on any atom is 0.309 e. The van der Waals surface area contributed by atoms with Crippen LogP contribution in [0.5, 0.6) is 17.2 Å². The zero-order valence-corrected chi connectivity index (χ0v) is 13.7. The monoisotopic (exact) mass is 323 g/mol. The Hall–Kier alpha value is -2.44. The van der Waals surface area contributed by atoms with Gasteiger partial charge in [0.15, 0.2) is 11.5 Å². The summed E-state index contributed by atoms with van der Waals surface area (Å²) in [7, 11) is 4.48. The molecule has 0 radical (unpaired) electrons. The third-order valence-corrected chi connectivity index (χ3v) is 4.12. The predicted molar refractivity (Wildman–Crippen MR) is 82.0 cm³/mol. The van der Waals surface area contributed by atoms with E-state index in [0.717, 1.165) is 0 Å². The lowest BCUT2D eigenvalue weighted by Gasteiger charge is -2.27. The number of amides is 1. The Kier molecular flexibility index (Phi) is 4.98. The van der Waals surface area contributed by atoms with Gasteiger partial charge in [-0.25, -0.2) is 0 Å². The molecule has 1 heterocycles. The smallest absolute Gasteiger partial charge is 0.309 e. The van der Waals surface area contributed by atoms with Gasteiger partial charge in [-0.3, -0.25) is 9.59 Å². The molecule has 7 heteroatoms. The first-order valence-electron chi connectivity index (χ1n) is 7.30. The highest BCUT2D eigenvalue weighted by atomic mass is 16.5. The molecule has 2 rings (SSSR count). The number of nitrogens with zero attached hydrogens (tertiary/aromatic N) is 1. The van der Waals surface area contributed by atoms with Gasteiger partial charge in [0.1, 0.15) is 0 Å². The number of hydrogen-bond acceptors (Lipinski definition) is 5. The van der Waals surface area contributed by atoms with Crippen molar-refractivity contribution in [2.45, 2.75) is 19.4 Å². The normalized spacial score (nSPS) is 20.5. The van der Waals surface area contributed by atoms with Crippen molar-refractivity contribution >= 4 is 11.9 Å². The minimum Gasteiger partial charge on any atom is -0.493 e. The van der Waals surface area contributed by atoms with E-state index in [2.05, 4.69) is 0 Å². The SMILES string of the molecule is CCN1C(=O)C[C@@H](C(=O)O)[C@H]1c1cc(OC)c(OC)c(OC)c1. The van der Waals surface area contributed by atoms with Crippen LogP contribution in [0.1, 0.15) is 24.9 Å². The lowest BCUT2D eigenvalue weighted by Crippen LogP contribution is -2.30. The number of carboxylic acids is 1. The molecule has 1 fully saturated rings. The molecule has 0 aromatic heterocycles. The number of ether oxygens (including phenoxy) is 3. The van der Waals surface area contributed by atoms with E-state index in [9.17, 15) is 14.7 Å². The van der Waals surface area contributed by atoms with Gasteiger partial charge in [-0.2, -0.15) is 0 Å². The molecule has 7 nitrogen and oxygen atoms in total. The molecule has 0 saturated carbocycles. The molecular formula is C16H21NO6. The number of rotatable bonds is 6. The second kappa shape index (κ2) is 6.76. The van der Waals surface area contributed by atoms with E-state index in [0.29, 0.717) is 29.4 Å². The van der Waals surface area contributed by atoms with Gasteiger partial charge in [-0.05, 0) is 24.6 Å². The van der Waals surface area contributed by atoms with Crippen molar-refractivity contribution in [1.29, 1.82) is 0 Å². The summed E-state index contributed by atoms with van der Waals surface area (Å²) in [6.07, 6.45) is -0.00942. The van der Waals surface area contributed by atoms with Crippen molar-refractivity contribution in [1.82, 2.24) is 4.90 Å². The van der Waals surface area contributed by atoms with Gasteiger partial charge in [0, 0.05) is 13.0 Å². The Balaban J connectivity index is 2.57. The number of aliphatic carboxylic acids is 1. The summed E-state index contributed by atoms with van der Waals surface area (Å²) in [6.45, 7) is 2.26. The standard InChI is InChI=1S/C16H21NO6/c1-5-17-13(18)8-10(16(19)20)14(17)9-6-11(21-2)15(23-4)12(7-9)22-3/h6-7,10,14H,5,8H2,1-4H3,(H,19,20)/t10-,14-/m1/s1. The lowest BCUT2D eigenvalue weighted by atomic mass is 9.93. The molecule has 0 aliphatic carbocycles. The van der Waals surface area contributed by atoms with Gasteiger partial charge in [0.05, 0.1) is 33.3 Å². The molecule has 0 spiro atoms. The van der Waals surface area contributed by atoms with Crippen LogP contribution in [0.15, 0.2) is 12.1 Å². The van der Waals surface area contributed by atoms with Crippen LogP contribution in [0.3, 0.4) is 0 Å². The molecule has 1 N–H and O–H groups in total. The van der Waals surface area contributed by atoms with E-state index in [4.69, 9.17) is 14.2 Å². The van der Waals surface area contributed by atoms with Gasteiger partial charge in [0.25, 0.3) is 0 Å². The Labute approximate surface area is 134 Å². The highest BCUT2D eigenvalue weighted by molar-refractivity contribution is 5.87. The first kappa shape index (κ1) is 16.9. The maximum atomic E-state index is 12.1. The molecule has 1 aliphatic heterocycles. The summed E-state index contributed by atoms with van der Waals surface area (Å²) in [5, 5.41) is 9.46. The van der Waals surface area contributed by atoms with E-state index < -0.39 is 17.9 Å². The summed E-state index contributed by atoms with van der Waals surface area (Å²) in [5.74, 6) is -0.669. The fourth-order valence-corrected chi connectivity index (χ4v) is 3.07.